The summed E-state index contributed by atoms with van der Waals surface area (Å²) < 4.78 is 17.4. The summed E-state index contributed by atoms with van der Waals surface area (Å²) in [5.74, 6) is 1.95. The highest BCUT2D eigenvalue weighted by atomic mass is 35.5. The molecule has 3 heterocycles. The van der Waals surface area contributed by atoms with Crippen molar-refractivity contribution in [2.75, 3.05) is 24.7 Å². The Hall–Kier alpha value is -4.52. The van der Waals surface area contributed by atoms with Gasteiger partial charge in [0.2, 0.25) is 0 Å². The molecule has 2 aliphatic heterocycles. The molecule has 208 valence electrons. The predicted octanol–water partition coefficient (Wildman–Crippen LogP) is 8.09. The summed E-state index contributed by atoms with van der Waals surface area (Å²) in [6.45, 7) is 1.41. The van der Waals surface area contributed by atoms with E-state index in [-0.39, 0.29) is 12.5 Å². The van der Waals surface area contributed by atoms with Gasteiger partial charge < -0.3 is 19.1 Å². The van der Waals surface area contributed by atoms with Gasteiger partial charge in [-0.15, -0.1) is 0 Å². The zero-order chi connectivity index (χ0) is 28.6. The maximum absolute atomic E-state index is 13.0. The fourth-order valence-corrected chi connectivity index (χ4v) is 5.40. The zero-order valence-corrected chi connectivity index (χ0v) is 23.9. The summed E-state index contributed by atoms with van der Waals surface area (Å²) in [4.78, 5) is 19.8. The van der Waals surface area contributed by atoms with Crippen molar-refractivity contribution in [1.29, 1.82) is 0 Å². The minimum absolute atomic E-state index is 0.0154. The van der Waals surface area contributed by atoms with Crippen molar-refractivity contribution in [3.05, 3.63) is 113 Å². The van der Waals surface area contributed by atoms with E-state index in [0.29, 0.717) is 47.0 Å². The number of ether oxygens (including phenoxy) is 3. The molecule has 0 N–H and O–H groups in total. The normalized spacial score (nSPS) is 13.9. The zero-order valence-electron chi connectivity index (χ0n) is 22.3. The van der Waals surface area contributed by atoms with Gasteiger partial charge in [0.25, 0.3) is 5.91 Å². The number of fused-ring (bicyclic) bond motifs is 2. The van der Waals surface area contributed by atoms with Crippen LogP contribution in [0.2, 0.25) is 10.0 Å². The van der Waals surface area contributed by atoms with E-state index in [9.17, 15) is 4.79 Å². The van der Waals surface area contributed by atoms with Crippen LogP contribution in [0.1, 0.15) is 5.56 Å². The van der Waals surface area contributed by atoms with Crippen molar-refractivity contribution >= 4 is 34.8 Å². The number of nitrogens with zero attached hydrogens (tertiary/aromatic N) is 2. The first-order chi connectivity index (χ1) is 20.5. The topological polar surface area (TPSA) is 60.9 Å². The molecule has 5 aromatic rings. The standard InChI is InChI=1S/C34H24Cl2N2O4/c35-26-7-1-21(2-8-26)19-38-30-17-23(5-11-31(30)42-20-34(38)39)28-15-25(22-3-9-27(36)10-4-22)16-29(37-28)24-6-12-32-33(18-24)41-14-13-40-32/h1-12,15-18H,13-14,19-20H2. The van der Waals surface area contributed by atoms with Crippen LogP contribution in [0.3, 0.4) is 0 Å². The molecule has 8 heteroatoms. The highest BCUT2D eigenvalue weighted by Crippen LogP contribution is 2.40. The van der Waals surface area contributed by atoms with Crippen LogP contribution in [0.5, 0.6) is 17.2 Å². The summed E-state index contributed by atoms with van der Waals surface area (Å²) in [5.41, 5.74) is 6.91. The van der Waals surface area contributed by atoms with E-state index < -0.39 is 0 Å². The van der Waals surface area contributed by atoms with E-state index >= 15 is 0 Å². The molecule has 0 radical (unpaired) electrons. The molecule has 0 atom stereocenters. The third-order valence-corrected chi connectivity index (χ3v) is 7.80. The van der Waals surface area contributed by atoms with E-state index in [1.54, 1.807) is 4.90 Å². The number of hydrogen-bond acceptors (Lipinski definition) is 5. The van der Waals surface area contributed by atoms with Gasteiger partial charge in [-0.3, -0.25) is 4.79 Å². The number of benzene rings is 4. The number of carbonyl (C=O) groups is 1. The van der Waals surface area contributed by atoms with Gasteiger partial charge in [-0.1, -0.05) is 47.5 Å². The third-order valence-electron chi connectivity index (χ3n) is 7.29. The third kappa shape index (κ3) is 5.27. The van der Waals surface area contributed by atoms with Crippen LogP contribution in [0, 0.1) is 0 Å². The molecule has 2 aliphatic rings. The van der Waals surface area contributed by atoms with Crippen molar-refractivity contribution < 1.29 is 19.0 Å². The number of halogens is 2. The number of anilines is 1. The van der Waals surface area contributed by atoms with Crippen LogP contribution in [0.15, 0.2) is 97.1 Å². The smallest absolute Gasteiger partial charge is 0.265 e. The second-order valence-corrected chi connectivity index (χ2v) is 10.9. The maximum Gasteiger partial charge on any atom is 0.265 e. The lowest BCUT2D eigenvalue weighted by molar-refractivity contribution is -0.121. The lowest BCUT2D eigenvalue weighted by Crippen LogP contribution is -2.38. The largest absolute Gasteiger partial charge is 0.486 e. The van der Waals surface area contributed by atoms with E-state index in [0.717, 1.165) is 45.0 Å². The second-order valence-electron chi connectivity index (χ2n) is 10.1. The molecule has 7 rings (SSSR count). The number of rotatable bonds is 5. The molecule has 0 bridgehead atoms. The fourth-order valence-electron chi connectivity index (χ4n) is 5.15. The SMILES string of the molecule is O=C1COc2ccc(-c3cc(-c4ccc(Cl)cc4)cc(-c4ccc5c(c4)OCCO5)n3)cc2N1Cc1ccc(Cl)cc1. The van der Waals surface area contributed by atoms with Crippen LogP contribution in [0.25, 0.3) is 33.6 Å². The summed E-state index contributed by atoms with van der Waals surface area (Å²) >= 11 is 12.3. The molecule has 6 nitrogen and oxygen atoms in total. The average molecular weight is 595 g/mol. The number of pyridine rings is 1. The van der Waals surface area contributed by atoms with Gasteiger partial charge >= 0.3 is 0 Å². The number of aromatic nitrogens is 1. The van der Waals surface area contributed by atoms with E-state index in [4.69, 9.17) is 42.4 Å². The van der Waals surface area contributed by atoms with Gasteiger partial charge in [0.15, 0.2) is 18.1 Å². The van der Waals surface area contributed by atoms with Crippen LogP contribution >= 0.6 is 23.2 Å². The molecular weight excluding hydrogens is 571 g/mol. The molecule has 42 heavy (non-hydrogen) atoms. The molecule has 1 amide bonds. The van der Waals surface area contributed by atoms with Crippen molar-refractivity contribution in [2.45, 2.75) is 6.54 Å². The molecule has 0 unspecified atom stereocenters. The Bertz CT molecular complexity index is 1810. The summed E-state index contributed by atoms with van der Waals surface area (Å²) in [6.07, 6.45) is 0. The number of carbonyl (C=O) groups excluding carboxylic acids is 1. The Kier molecular flexibility index (Phi) is 6.94. The number of hydrogen-bond donors (Lipinski definition) is 0. The first kappa shape index (κ1) is 26.4. The fraction of sp³-hybridized carbons (Fsp3) is 0.118. The number of amides is 1. The molecule has 0 spiro atoms. The van der Waals surface area contributed by atoms with E-state index in [2.05, 4.69) is 6.07 Å². The molecule has 4 aromatic carbocycles. The summed E-state index contributed by atoms with van der Waals surface area (Å²) in [5, 5.41) is 1.32. The highest BCUT2D eigenvalue weighted by Gasteiger charge is 2.26. The van der Waals surface area contributed by atoms with Gasteiger partial charge in [-0.25, -0.2) is 4.98 Å². The van der Waals surface area contributed by atoms with Crippen molar-refractivity contribution in [3.63, 3.8) is 0 Å². The quantitative estimate of drug-likeness (QED) is 0.206. The monoisotopic (exact) mass is 594 g/mol. The maximum atomic E-state index is 13.0. The van der Waals surface area contributed by atoms with Gasteiger partial charge in [0, 0.05) is 21.2 Å². The van der Waals surface area contributed by atoms with Crippen LogP contribution < -0.4 is 19.1 Å². The molecule has 0 aliphatic carbocycles. The highest BCUT2D eigenvalue weighted by molar-refractivity contribution is 6.30. The minimum atomic E-state index is -0.116. The van der Waals surface area contributed by atoms with Crippen LogP contribution in [-0.4, -0.2) is 30.7 Å². The van der Waals surface area contributed by atoms with Gasteiger partial charge in [0.05, 0.1) is 23.6 Å². The van der Waals surface area contributed by atoms with Crippen LogP contribution in [0.4, 0.5) is 5.69 Å². The van der Waals surface area contributed by atoms with Gasteiger partial charge in [0.1, 0.15) is 19.0 Å². The Balaban J connectivity index is 1.33. The lowest BCUT2D eigenvalue weighted by Gasteiger charge is -2.30. The first-order valence-corrected chi connectivity index (χ1v) is 14.3. The van der Waals surface area contributed by atoms with Crippen molar-refractivity contribution in [1.82, 2.24) is 4.98 Å². The molecule has 0 saturated heterocycles. The van der Waals surface area contributed by atoms with Gasteiger partial charge in [-0.05, 0) is 89.5 Å². The lowest BCUT2D eigenvalue weighted by atomic mass is 9.99. The van der Waals surface area contributed by atoms with Gasteiger partial charge in [-0.2, -0.15) is 0 Å². The van der Waals surface area contributed by atoms with E-state index in [1.165, 1.54) is 0 Å². The Morgan fingerprint density at radius 2 is 1.21 bits per heavy atom. The summed E-state index contributed by atoms with van der Waals surface area (Å²) in [7, 11) is 0. The Labute approximate surface area is 253 Å². The minimum Gasteiger partial charge on any atom is -0.486 e. The molecular formula is C34H24Cl2N2O4. The van der Waals surface area contributed by atoms with Crippen molar-refractivity contribution in [3.8, 4) is 50.9 Å². The molecule has 0 fully saturated rings. The first-order valence-electron chi connectivity index (χ1n) is 13.5. The Morgan fingerprint density at radius 1 is 0.619 bits per heavy atom. The van der Waals surface area contributed by atoms with Crippen LogP contribution in [-0.2, 0) is 11.3 Å². The van der Waals surface area contributed by atoms with Crippen molar-refractivity contribution in [2.24, 2.45) is 0 Å². The van der Waals surface area contributed by atoms with E-state index in [1.807, 2.05) is 91.0 Å². The molecule has 0 saturated carbocycles. The predicted molar refractivity (Wildman–Crippen MR) is 165 cm³/mol. The molecule has 1 aromatic heterocycles. The second kappa shape index (κ2) is 11.0. The summed E-state index contributed by atoms with van der Waals surface area (Å²) in [6, 6.07) is 31.0. The Morgan fingerprint density at radius 3 is 1.93 bits per heavy atom. The average Bonchev–Trinajstić information content (AvgIpc) is 3.03.